The zero-order valence-corrected chi connectivity index (χ0v) is 26.7. The average Bonchev–Trinajstić information content (AvgIpc) is 3.77. The van der Waals surface area contributed by atoms with Crippen LogP contribution in [-0.2, 0) is 0 Å². The molecule has 5 nitrogen and oxygen atoms in total. The zero-order valence-electron chi connectivity index (χ0n) is 26.7. The normalized spacial score (nSPS) is 11.6. The lowest BCUT2D eigenvalue weighted by Gasteiger charge is -2.10. The minimum absolute atomic E-state index is 0.611. The van der Waals surface area contributed by atoms with Crippen molar-refractivity contribution < 1.29 is 8.83 Å². The number of aromatic nitrogens is 3. The third-order valence-electron chi connectivity index (χ3n) is 9.34. The number of para-hydroxylation sites is 2. The summed E-state index contributed by atoms with van der Waals surface area (Å²) in [5.74, 6) is 1.87. The molecule has 3 aromatic heterocycles. The highest BCUT2D eigenvalue weighted by Gasteiger charge is 2.18. The van der Waals surface area contributed by atoms with E-state index in [1.807, 2.05) is 97.1 Å². The van der Waals surface area contributed by atoms with Gasteiger partial charge in [0.1, 0.15) is 22.3 Å². The molecule has 0 aliphatic rings. The molecule has 3 heterocycles. The molecule has 0 unspecified atom stereocenters. The summed E-state index contributed by atoms with van der Waals surface area (Å²) in [7, 11) is 0. The number of fused-ring (bicyclic) bond motifs is 6. The highest BCUT2D eigenvalue weighted by atomic mass is 16.3. The molecule has 0 bridgehead atoms. The van der Waals surface area contributed by atoms with E-state index in [-0.39, 0.29) is 0 Å². The molecule has 0 fully saturated rings. The zero-order chi connectivity index (χ0) is 33.0. The molecular formula is C45H27N3O2. The van der Waals surface area contributed by atoms with Crippen molar-refractivity contribution in [3.63, 3.8) is 0 Å². The van der Waals surface area contributed by atoms with Gasteiger partial charge in [0.05, 0.1) is 0 Å². The Balaban J connectivity index is 1.11. The molecule has 7 aromatic carbocycles. The average molecular weight is 642 g/mol. The third kappa shape index (κ3) is 4.67. The highest BCUT2D eigenvalue weighted by Crippen LogP contribution is 2.42. The smallest absolute Gasteiger partial charge is 0.164 e. The Kier molecular flexibility index (Phi) is 6.42. The first-order chi connectivity index (χ1) is 24.8. The van der Waals surface area contributed by atoms with E-state index in [0.29, 0.717) is 17.5 Å². The van der Waals surface area contributed by atoms with Crippen LogP contribution in [0, 0.1) is 0 Å². The lowest BCUT2D eigenvalue weighted by molar-refractivity contribution is 0.668. The maximum atomic E-state index is 6.67. The van der Waals surface area contributed by atoms with Crippen LogP contribution in [0.1, 0.15) is 0 Å². The molecule has 50 heavy (non-hydrogen) atoms. The number of rotatable bonds is 5. The molecule has 0 radical (unpaired) electrons. The molecule has 0 saturated heterocycles. The highest BCUT2D eigenvalue weighted by molar-refractivity contribution is 6.16. The molecule has 0 aliphatic heterocycles. The third-order valence-corrected chi connectivity index (χ3v) is 9.34. The van der Waals surface area contributed by atoms with E-state index in [1.54, 1.807) is 0 Å². The Morgan fingerprint density at radius 3 is 1.64 bits per heavy atom. The largest absolute Gasteiger partial charge is 0.456 e. The number of nitrogens with zero attached hydrogens (tertiary/aromatic N) is 3. The second-order valence-corrected chi connectivity index (χ2v) is 12.4. The second kappa shape index (κ2) is 11.4. The quantitative estimate of drug-likeness (QED) is 0.187. The number of hydrogen-bond acceptors (Lipinski definition) is 5. The van der Waals surface area contributed by atoms with Crippen LogP contribution in [0.5, 0.6) is 0 Å². The predicted molar refractivity (Wildman–Crippen MR) is 202 cm³/mol. The molecule has 10 aromatic rings. The van der Waals surface area contributed by atoms with Gasteiger partial charge in [-0.3, -0.25) is 0 Å². The summed E-state index contributed by atoms with van der Waals surface area (Å²) in [5.41, 5.74) is 10.4. The summed E-state index contributed by atoms with van der Waals surface area (Å²) in [4.78, 5) is 14.8. The predicted octanol–water partition coefficient (Wildman–Crippen LogP) is 12.0. The fourth-order valence-electron chi connectivity index (χ4n) is 6.97. The number of benzene rings is 7. The van der Waals surface area contributed by atoms with Gasteiger partial charge in [-0.05, 0) is 47.0 Å². The van der Waals surface area contributed by atoms with Crippen LogP contribution >= 0.6 is 0 Å². The van der Waals surface area contributed by atoms with E-state index in [0.717, 1.165) is 82.8 Å². The van der Waals surface area contributed by atoms with Gasteiger partial charge in [0.15, 0.2) is 17.5 Å². The molecule has 0 N–H and O–H groups in total. The fourth-order valence-corrected chi connectivity index (χ4v) is 6.97. The van der Waals surface area contributed by atoms with E-state index in [2.05, 4.69) is 66.7 Å². The van der Waals surface area contributed by atoms with Crippen LogP contribution in [-0.4, -0.2) is 15.0 Å². The van der Waals surface area contributed by atoms with Crippen molar-refractivity contribution >= 4 is 43.9 Å². The Hall–Kier alpha value is -6.85. The van der Waals surface area contributed by atoms with Crippen molar-refractivity contribution in [2.75, 3.05) is 0 Å². The number of hydrogen-bond donors (Lipinski definition) is 0. The summed E-state index contributed by atoms with van der Waals surface area (Å²) in [5, 5.41) is 4.37. The van der Waals surface area contributed by atoms with Crippen LogP contribution in [0.3, 0.4) is 0 Å². The Morgan fingerprint density at radius 1 is 0.320 bits per heavy atom. The summed E-state index contributed by atoms with van der Waals surface area (Å²) in [6.45, 7) is 0. The maximum Gasteiger partial charge on any atom is 0.164 e. The number of furan rings is 2. The summed E-state index contributed by atoms with van der Waals surface area (Å²) in [6, 6.07) is 55.7. The molecule has 234 valence electrons. The van der Waals surface area contributed by atoms with Gasteiger partial charge in [0.25, 0.3) is 0 Å². The van der Waals surface area contributed by atoms with Gasteiger partial charge in [-0.25, -0.2) is 15.0 Å². The summed E-state index contributed by atoms with van der Waals surface area (Å²) in [6.07, 6.45) is 0. The van der Waals surface area contributed by atoms with Crippen LogP contribution in [0.2, 0.25) is 0 Å². The van der Waals surface area contributed by atoms with Gasteiger partial charge in [0, 0.05) is 43.8 Å². The van der Waals surface area contributed by atoms with E-state index in [9.17, 15) is 0 Å². The van der Waals surface area contributed by atoms with E-state index in [4.69, 9.17) is 23.8 Å². The van der Waals surface area contributed by atoms with Crippen molar-refractivity contribution in [1.29, 1.82) is 0 Å². The Bertz CT molecular complexity index is 2810. The Morgan fingerprint density at radius 2 is 0.860 bits per heavy atom. The van der Waals surface area contributed by atoms with E-state index in [1.165, 1.54) is 0 Å². The lowest BCUT2D eigenvalue weighted by Crippen LogP contribution is -2.00. The minimum Gasteiger partial charge on any atom is -0.456 e. The van der Waals surface area contributed by atoms with E-state index < -0.39 is 0 Å². The summed E-state index contributed by atoms with van der Waals surface area (Å²) >= 11 is 0. The van der Waals surface area contributed by atoms with Gasteiger partial charge in [-0.15, -0.1) is 0 Å². The van der Waals surface area contributed by atoms with Crippen molar-refractivity contribution in [3.8, 4) is 56.4 Å². The first-order valence-corrected chi connectivity index (χ1v) is 16.6. The van der Waals surface area contributed by atoms with Gasteiger partial charge < -0.3 is 8.83 Å². The lowest BCUT2D eigenvalue weighted by atomic mass is 9.96. The Labute approximate surface area is 287 Å². The molecule has 10 rings (SSSR count). The molecule has 0 atom stereocenters. The summed E-state index contributed by atoms with van der Waals surface area (Å²) < 4.78 is 12.9. The van der Waals surface area contributed by atoms with Crippen molar-refractivity contribution in [1.82, 2.24) is 15.0 Å². The first-order valence-electron chi connectivity index (χ1n) is 16.6. The maximum absolute atomic E-state index is 6.67. The van der Waals surface area contributed by atoms with E-state index >= 15 is 0 Å². The molecule has 0 saturated carbocycles. The van der Waals surface area contributed by atoms with Crippen molar-refractivity contribution in [2.24, 2.45) is 0 Å². The van der Waals surface area contributed by atoms with Gasteiger partial charge in [-0.2, -0.15) is 0 Å². The van der Waals surface area contributed by atoms with Crippen LogP contribution in [0.4, 0.5) is 0 Å². The van der Waals surface area contributed by atoms with Gasteiger partial charge in [-0.1, -0.05) is 133 Å². The molecule has 0 amide bonds. The first kappa shape index (κ1) is 28.2. The SMILES string of the molecule is c1ccc(-c2nc(-c3ccccc3)nc(-c3cccc(-c4cccc5c4oc4cccc(-c6ccc7c(c6)oc6ccccc67)c45)c3)n2)cc1. The second-order valence-electron chi connectivity index (χ2n) is 12.4. The fraction of sp³-hybridized carbons (Fsp3) is 0. The standard InChI is InChI=1S/C45H27N3O2/c1-3-12-28(13-4-1)43-46-44(29-14-5-2-6-15-29)48-45(47-43)32-17-9-16-30(26-32)34-20-10-21-37-41-33(19-11-23-39(41)50-42(34)37)31-24-25-36-35-18-7-8-22-38(35)49-40(36)27-31/h1-27H. The van der Waals surface area contributed by atoms with Gasteiger partial charge >= 0.3 is 0 Å². The van der Waals surface area contributed by atoms with Crippen LogP contribution in [0.15, 0.2) is 173 Å². The molecule has 5 heteroatoms. The minimum atomic E-state index is 0.611. The molecular weight excluding hydrogens is 615 g/mol. The van der Waals surface area contributed by atoms with Crippen LogP contribution < -0.4 is 0 Å². The van der Waals surface area contributed by atoms with Crippen molar-refractivity contribution in [2.45, 2.75) is 0 Å². The van der Waals surface area contributed by atoms with Gasteiger partial charge in [0.2, 0.25) is 0 Å². The van der Waals surface area contributed by atoms with Crippen LogP contribution in [0.25, 0.3) is 100 Å². The monoisotopic (exact) mass is 641 g/mol. The molecule has 0 aliphatic carbocycles. The van der Waals surface area contributed by atoms with Crippen molar-refractivity contribution in [3.05, 3.63) is 164 Å². The molecule has 0 spiro atoms. The topological polar surface area (TPSA) is 65.0 Å².